The standard InChI is InChI=1S/C14H18N2O/c1-3-16-14-10-5-4-8-12(14)13(15-16)9-6-7-11(2)17/h4-5,8,10H,3,6-7,9H2,1-2H3. The Kier molecular flexibility index (Phi) is 3.57. The minimum absolute atomic E-state index is 0.254. The van der Waals surface area contributed by atoms with Crippen LogP contribution in [0.1, 0.15) is 32.4 Å². The fourth-order valence-electron chi connectivity index (χ4n) is 2.13. The second-order valence-electron chi connectivity index (χ2n) is 4.34. The van der Waals surface area contributed by atoms with Crippen LogP contribution in [0.15, 0.2) is 24.3 Å². The van der Waals surface area contributed by atoms with Crippen molar-refractivity contribution in [3.8, 4) is 0 Å². The number of carbonyl (C=O) groups is 1. The highest BCUT2D eigenvalue weighted by Gasteiger charge is 2.08. The summed E-state index contributed by atoms with van der Waals surface area (Å²) >= 11 is 0. The van der Waals surface area contributed by atoms with E-state index in [1.54, 1.807) is 6.92 Å². The normalized spacial score (nSPS) is 10.9. The zero-order chi connectivity index (χ0) is 12.3. The summed E-state index contributed by atoms with van der Waals surface area (Å²) < 4.78 is 2.03. The van der Waals surface area contributed by atoms with Crippen molar-refractivity contribution in [2.45, 2.75) is 39.7 Å². The van der Waals surface area contributed by atoms with Crippen LogP contribution in [0.5, 0.6) is 0 Å². The van der Waals surface area contributed by atoms with Gasteiger partial charge in [-0.05, 0) is 32.8 Å². The second kappa shape index (κ2) is 5.13. The maximum absolute atomic E-state index is 10.9. The molecule has 0 spiro atoms. The Morgan fingerprint density at radius 2 is 2.12 bits per heavy atom. The summed E-state index contributed by atoms with van der Waals surface area (Å²) in [5.74, 6) is 0.254. The summed E-state index contributed by atoms with van der Waals surface area (Å²) in [5.41, 5.74) is 2.30. The number of aryl methyl sites for hydroxylation is 2. The van der Waals surface area contributed by atoms with Crippen LogP contribution in [0, 0.1) is 0 Å². The quantitative estimate of drug-likeness (QED) is 0.791. The van der Waals surface area contributed by atoms with Gasteiger partial charge in [0.15, 0.2) is 0 Å². The van der Waals surface area contributed by atoms with Gasteiger partial charge in [0.1, 0.15) is 5.78 Å². The molecule has 1 aromatic heterocycles. The first kappa shape index (κ1) is 11.8. The molecule has 0 saturated carbocycles. The Bertz CT molecular complexity index is 528. The molecule has 2 rings (SSSR count). The number of benzene rings is 1. The topological polar surface area (TPSA) is 34.9 Å². The molecule has 0 aliphatic heterocycles. The number of nitrogens with zero attached hydrogens (tertiary/aromatic N) is 2. The monoisotopic (exact) mass is 230 g/mol. The summed E-state index contributed by atoms with van der Waals surface area (Å²) in [6.45, 7) is 4.62. The van der Waals surface area contributed by atoms with E-state index in [0.29, 0.717) is 6.42 Å². The fraction of sp³-hybridized carbons (Fsp3) is 0.429. The molecule has 2 aromatic rings. The number of ketones is 1. The average molecular weight is 230 g/mol. The maximum Gasteiger partial charge on any atom is 0.129 e. The average Bonchev–Trinajstić information content (AvgIpc) is 2.68. The number of hydrogen-bond donors (Lipinski definition) is 0. The lowest BCUT2D eigenvalue weighted by Gasteiger charge is -1.96. The minimum Gasteiger partial charge on any atom is -0.300 e. The van der Waals surface area contributed by atoms with Crippen LogP contribution in [-0.4, -0.2) is 15.6 Å². The zero-order valence-corrected chi connectivity index (χ0v) is 10.4. The van der Waals surface area contributed by atoms with E-state index >= 15 is 0 Å². The third-order valence-corrected chi connectivity index (χ3v) is 2.98. The van der Waals surface area contributed by atoms with Crippen molar-refractivity contribution in [3.05, 3.63) is 30.0 Å². The SMILES string of the molecule is CCn1nc(CCCC(C)=O)c2ccccc21. The second-order valence-corrected chi connectivity index (χ2v) is 4.34. The van der Waals surface area contributed by atoms with Crippen molar-refractivity contribution >= 4 is 16.7 Å². The van der Waals surface area contributed by atoms with Gasteiger partial charge >= 0.3 is 0 Å². The van der Waals surface area contributed by atoms with Crippen molar-refractivity contribution in [2.24, 2.45) is 0 Å². The molecular formula is C14H18N2O. The summed E-state index contributed by atoms with van der Waals surface area (Å²) in [7, 11) is 0. The number of Topliss-reactive ketones (excluding diaryl/α,β-unsaturated/α-hetero) is 1. The molecule has 0 amide bonds. The van der Waals surface area contributed by atoms with E-state index in [-0.39, 0.29) is 5.78 Å². The van der Waals surface area contributed by atoms with Gasteiger partial charge in [0.2, 0.25) is 0 Å². The number of aromatic nitrogens is 2. The highest BCUT2D eigenvalue weighted by Crippen LogP contribution is 2.19. The largest absolute Gasteiger partial charge is 0.300 e. The van der Waals surface area contributed by atoms with Crippen LogP contribution in [0.25, 0.3) is 10.9 Å². The fourth-order valence-corrected chi connectivity index (χ4v) is 2.13. The molecule has 0 radical (unpaired) electrons. The molecule has 0 atom stereocenters. The van der Waals surface area contributed by atoms with Gasteiger partial charge < -0.3 is 4.79 Å². The van der Waals surface area contributed by atoms with Crippen molar-refractivity contribution in [1.82, 2.24) is 9.78 Å². The van der Waals surface area contributed by atoms with E-state index in [1.165, 1.54) is 10.9 Å². The Morgan fingerprint density at radius 1 is 1.35 bits per heavy atom. The number of fused-ring (bicyclic) bond motifs is 1. The lowest BCUT2D eigenvalue weighted by atomic mass is 10.1. The van der Waals surface area contributed by atoms with E-state index in [2.05, 4.69) is 24.2 Å². The number of rotatable bonds is 5. The Labute approximate surface area is 101 Å². The molecule has 3 heteroatoms. The zero-order valence-electron chi connectivity index (χ0n) is 10.4. The predicted molar refractivity (Wildman–Crippen MR) is 69.0 cm³/mol. The van der Waals surface area contributed by atoms with E-state index < -0.39 is 0 Å². The van der Waals surface area contributed by atoms with Crippen LogP contribution in [0.3, 0.4) is 0 Å². The highest BCUT2D eigenvalue weighted by atomic mass is 16.1. The van der Waals surface area contributed by atoms with Crippen molar-refractivity contribution < 1.29 is 4.79 Å². The first-order chi connectivity index (χ1) is 8.22. The summed E-state index contributed by atoms with van der Waals surface area (Å²) in [4.78, 5) is 10.9. The summed E-state index contributed by atoms with van der Waals surface area (Å²) in [5, 5.41) is 5.83. The number of carbonyl (C=O) groups excluding carboxylic acids is 1. The van der Waals surface area contributed by atoms with Gasteiger partial charge in [0.25, 0.3) is 0 Å². The molecule has 17 heavy (non-hydrogen) atoms. The lowest BCUT2D eigenvalue weighted by Crippen LogP contribution is -1.98. The molecule has 3 nitrogen and oxygen atoms in total. The molecule has 0 N–H and O–H groups in total. The van der Waals surface area contributed by atoms with Gasteiger partial charge in [-0.3, -0.25) is 4.68 Å². The van der Waals surface area contributed by atoms with Gasteiger partial charge in [-0.2, -0.15) is 5.10 Å². The van der Waals surface area contributed by atoms with Gasteiger partial charge in [0, 0.05) is 18.4 Å². The maximum atomic E-state index is 10.9. The van der Waals surface area contributed by atoms with Crippen molar-refractivity contribution in [3.63, 3.8) is 0 Å². The van der Waals surface area contributed by atoms with Gasteiger partial charge in [-0.1, -0.05) is 18.2 Å². The lowest BCUT2D eigenvalue weighted by molar-refractivity contribution is -0.117. The Balaban J connectivity index is 2.24. The van der Waals surface area contributed by atoms with Crippen LogP contribution in [0.2, 0.25) is 0 Å². The summed E-state index contributed by atoms with van der Waals surface area (Å²) in [6.07, 6.45) is 2.42. The molecule has 90 valence electrons. The highest BCUT2D eigenvalue weighted by molar-refractivity contribution is 5.82. The van der Waals surface area contributed by atoms with Crippen LogP contribution in [-0.2, 0) is 17.8 Å². The molecule has 0 fully saturated rings. The van der Waals surface area contributed by atoms with E-state index in [1.807, 2.05) is 16.8 Å². The van der Waals surface area contributed by atoms with Crippen LogP contribution >= 0.6 is 0 Å². The first-order valence-corrected chi connectivity index (χ1v) is 6.16. The van der Waals surface area contributed by atoms with Gasteiger partial charge in [0.05, 0.1) is 11.2 Å². The Hall–Kier alpha value is -1.64. The third kappa shape index (κ3) is 2.54. The molecular weight excluding hydrogens is 212 g/mol. The number of para-hydroxylation sites is 1. The molecule has 0 bridgehead atoms. The third-order valence-electron chi connectivity index (χ3n) is 2.98. The smallest absolute Gasteiger partial charge is 0.129 e. The van der Waals surface area contributed by atoms with E-state index in [4.69, 9.17) is 0 Å². The molecule has 1 heterocycles. The van der Waals surface area contributed by atoms with Crippen molar-refractivity contribution in [1.29, 1.82) is 0 Å². The molecule has 0 unspecified atom stereocenters. The molecule has 0 aliphatic rings. The van der Waals surface area contributed by atoms with Crippen LogP contribution in [0.4, 0.5) is 0 Å². The molecule has 0 saturated heterocycles. The van der Waals surface area contributed by atoms with E-state index in [9.17, 15) is 4.79 Å². The Morgan fingerprint density at radius 3 is 2.82 bits per heavy atom. The predicted octanol–water partition coefficient (Wildman–Crippen LogP) is 2.97. The summed E-state index contributed by atoms with van der Waals surface area (Å²) in [6, 6.07) is 8.28. The van der Waals surface area contributed by atoms with E-state index in [0.717, 1.165) is 25.1 Å². The van der Waals surface area contributed by atoms with Gasteiger partial charge in [-0.15, -0.1) is 0 Å². The van der Waals surface area contributed by atoms with Crippen molar-refractivity contribution in [2.75, 3.05) is 0 Å². The van der Waals surface area contributed by atoms with Crippen LogP contribution < -0.4 is 0 Å². The molecule has 0 aliphatic carbocycles. The number of hydrogen-bond acceptors (Lipinski definition) is 2. The molecule has 1 aromatic carbocycles. The van der Waals surface area contributed by atoms with Gasteiger partial charge in [-0.25, -0.2) is 0 Å². The first-order valence-electron chi connectivity index (χ1n) is 6.16. The minimum atomic E-state index is 0.254.